The van der Waals surface area contributed by atoms with Gasteiger partial charge in [0.2, 0.25) is 0 Å². The quantitative estimate of drug-likeness (QED) is 0.0146. The van der Waals surface area contributed by atoms with Crippen LogP contribution in [0.4, 0.5) is 0 Å². The molecule has 4 N–H and O–H groups in total. The van der Waals surface area contributed by atoms with Gasteiger partial charge in [-0.1, -0.05) is 391 Å². The van der Waals surface area contributed by atoms with Crippen molar-refractivity contribution in [2.45, 2.75) is 424 Å². The number of hydrogen-bond donors (Lipinski definition) is 4. The van der Waals surface area contributed by atoms with E-state index in [1.807, 2.05) is 0 Å². The Hall–Kier alpha value is -4.83. The summed E-state index contributed by atoms with van der Waals surface area (Å²) in [6, 6.07) is 0. The summed E-state index contributed by atoms with van der Waals surface area (Å²) in [7, 11) is -9.82. The van der Waals surface area contributed by atoms with Crippen molar-refractivity contribution >= 4 is 33.6 Å². The van der Waals surface area contributed by atoms with Crippen LogP contribution >= 0.6 is 15.6 Å². The lowest BCUT2D eigenvalue weighted by molar-refractivity contribution is -0.161. The van der Waals surface area contributed by atoms with Crippen molar-refractivity contribution in [3.05, 3.63) is 158 Å². The monoisotopic (exact) mass is 1710 g/mol. The number of hydrogen-bond acceptors (Lipinski definition) is 14. The van der Waals surface area contributed by atoms with Gasteiger partial charge >= 0.3 is 33.6 Å². The fourth-order valence-electron chi connectivity index (χ4n) is 13.0. The maximum Gasteiger partial charge on any atom is 0.472 e. The van der Waals surface area contributed by atoms with Crippen LogP contribution in [0.1, 0.15) is 406 Å². The van der Waals surface area contributed by atoms with E-state index in [0.29, 0.717) is 19.3 Å². The molecule has 0 rings (SSSR count). The molecule has 18 heteroatoms. The predicted octanol–water partition coefficient (Wildman–Crippen LogP) is 29.7. The van der Waals surface area contributed by atoms with E-state index in [2.05, 4.69) is 179 Å². The second-order valence-electron chi connectivity index (χ2n) is 31.8. The molecule has 0 radical (unpaired) electrons. The molecule has 0 aromatic heterocycles. The largest absolute Gasteiger partial charge is 0.472 e. The Morgan fingerprint density at radius 3 is 0.706 bits per heavy atom. The fourth-order valence-corrected chi connectivity index (χ4v) is 14.6. The van der Waals surface area contributed by atoms with Crippen molar-refractivity contribution in [3.8, 4) is 0 Å². The molecule has 0 aliphatic carbocycles. The Labute approximate surface area is 727 Å². The topological polar surface area (TPSA) is 231 Å². The third-order valence-electron chi connectivity index (χ3n) is 20.2. The van der Waals surface area contributed by atoms with E-state index in [1.54, 1.807) is 0 Å². The first-order valence-electron chi connectivity index (χ1n) is 47.8. The average Bonchev–Trinajstić information content (AvgIpc) is 0.913. The Morgan fingerprint density at radius 2 is 0.445 bits per heavy atom. The number of allylic oxidation sites excluding steroid dienone is 26. The minimum atomic E-state index is -4.95. The lowest BCUT2D eigenvalue weighted by Gasteiger charge is -2.21. The Bertz CT molecular complexity index is 2790. The summed E-state index contributed by atoms with van der Waals surface area (Å²) in [5, 5.41) is 20.8. The zero-order valence-electron chi connectivity index (χ0n) is 75.5. The Balaban J connectivity index is 4.55. The maximum atomic E-state index is 13.1. The number of carbonyl (C=O) groups excluding carboxylic acids is 3. The first-order chi connectivity index (χ1) is 58.2. The van der Waals surface area contributed by atoms with E-state index in [1.165, 1.54) is 180 Å². The van der Waals surface area contributed by atoms with Crippen molar-refractivity contribution in [1.29, 1.82) is 0 Å². The van der Waals surface area contributed by atoms with E-state index >= 15 is 0 Å². The maximum absolute atomic E-state index is 13.1. The second-order valence-corrected chi connectivity index (χ2v) is 34.7. The van der Waals surface area contributed by atoms with Gasteiger partial charge in [0.25, 0.3) is 0 Å². The molecule has 0 aromatic rings. The Morgan fingerprint density at radius 1 is 0.244 bits per heavy atom. The number of esters is 3. The van der Waals surface area contributed by atoms with Crippen molar-refractivity contribution in [2.24, 2.45) is 0 Å². The van der Waals surface area contributed by atoms with Crippen LogP contribution in [-0.4, -0.2) is 95.9 Å². The van der Waals surface area contributed by atoms with E-state index in [-0.39, 0.29) is 19.3 Å². The van der Waals surface area contributed by atoms with Crippen LogP contribution < -0.4 is 0 Å². The van der Waals surface area contributed by atoms with Crippen LogP contribution in [0.3, 0.4) is 0 Å². The molecule has 0 amide bonds. The molecule has 0 saturated carbocycles. The van der Waals surface area contributed by atoms with Crippen molar-refractivity contribution in [2.75, 3.05) is 39.6 Å². The summed E-state index contributed by atoms with van der Waals surface area (Å²) < 4.78 is 61.5. The molecule has 0 saturated heterocycles. The van der Waals surface area contributed by atoms with Gasteiger partial charge in [0.15, 0.2) is 6.10 Å². The molecule has 16 nitrogen and oxygen atoms in total. The average molecular weight is 1710 g/mol. The van der Waals surface area contributed by atoms with Gasteiger partial charge in [-0.15, -0.1) is 0 Å². The predicted molar refractivity (Wildman–Crippen MR) is 500 cm³/mol. The van der Waals surface area contributed by atoms with Crippen LogP contribution in [0.5, 0.6) is 0 Å². The van der Waals surface area contributed by atoms with Crippen LogP contribution in [-0.2, 0) is 55.8 Å². The van der Waals surface area contributed by atoms with Crippen molar-refractivity contribution in [1.82, 2.24) is 0 Å². The molecule has 0 aliphatic heterocycles. The number of phosphoric ester groups is 2. The molecule has 5 atom stereocenters. The summed E-state index contributed by atoms with van der Waals surface area (Å²) in [4.78, 5) is 59.0. The third-order valence-corrected chi connectivity index (χ3v) is 22.1. The molecule has 0 heterocycles. The van der Waals surface area contributed by atoms with Crippen LogP contribution in [0, 0.1) is 0 Å². The number of unbranched alkanes of at least 4 members (excludes halogenated alkanes) is 41. The van der Waals surface area contributed by atoms with Gasteiger partial charge in [-0.3, -0.25) is 32.5 Å². The van der Waals surface area contributed by atoms with Crippen LogP contribution in [0.25, 0.3) is 0 Å². The minimum absolute atomic E-state index is 0.0862. The van der Waals surface area contributed by atoms with E-state index in [0.717, 1.165) is 167 Å². The van der Waals surface area contributed by atoms with Gasteiger partial charge < -0.3 is 34.2 Å². The smallest absolute Gasteiger partial charge is 0.463 e. The van der Waals surface area contributed by atoms with E-state index in [4.69, 9.17) is 32.3 Å². The first-order valence-corrected chi connectivity index (χ1v) is 50.8. The molecule has 0 aromatic carbocycles. The first kappa shape index (κ1) is 114. The lowest BCUT2D eigenvalue weighted by atomic mass is 10.0. The molecular weight excluding hydrogens is 1530 g/mol. The highest BCUT2D eigenvalue weighted by Crippen LogP contribution is 2.45. The number of carbonyl (C=O) groups is 3. The Kier molecular flexibility index (Phi) is 88.6. The van der Waals surface area contributed by atoms with Crippen LogP contribution in [0.2, 0.25) is 0 Å². The normalized spacial score (nSPS) is 14.4. The van der Waals surface area contributed by atoms with Crippen molar-refractivity contribution in [3.63, 3.8) is 0 Å². The minimum Gasteiger partial charge on any atom is -0.463 e. The van der Waals surface area contributed by atoms with Gasteiger partial charge in [0.05, 0.1) is 26.4 Å². The van der Waals surface area contributed by atoms with Crippen molar-refractivity contribution < 1.29 is 75.8 Å². The van der Waals surface area contributed by atoms with Gasteiger partial charge in [0, 0.05) is 19.3 Å². The summed E-state index contributed by atoms with van der Waals surface area (Å²) >= 11 is 0. The molecule has 119 heavy (non-hydrogen) atoms. The standard InChI is InChI=1S/C101H174O16P2/c1-4-7-10-13-16-19-22-25-28-31-34-37-40-42-43-44-45-46-47-48-49-50-51-53-56-57-60-63-66-69-72-75-78-81-84-87-99(104)111-90-96(102)91-113-118(107,108)114-92-97(103)93-115-119(109,110)116-95-98(117-101(106)89-86-83-80-77-74-71-68-65-62-59-54-39-36-33-30-27-24-21-18-15-12-9-6-3)94-112-100(105)88-85-82-79-76-73-70-67-64-61-58-55-52-41-38-35-32-29-26-23-20-17-14-11-8-5-2/h9,12,16-21,25-30,34-39,42-43,52,55,59,62,96-98,102-103H,4-8,10-11,13-15,22-24,31-33,40-41,44-51,53-54,56-58,60-61,63-95H2,1-3H3,(H,107,108)(H,109,110)/b12-9-,19-16-,20-17-,21-18-,28-25-,29-26-,30-27-,37-34-,38-35-,39-36-,43-42-,55-52-,62-59-. The molecular formula is C101H174O16P2. The van der Waals surface area contributed by atoms with Gasteiger partial charge in [-0.05, 0) is 154 Å². The number of rotatable bonds is 90. The number of aliphatic hydroxyl groups is 2. The van der Waals surface area contributed by atoms with Gasteiger partial charge in [-0.2, -0.15) is 0 Å². The van der Waals surface area contributed by atoms with E-state index in [9.17, 15) is 43.5 Å². The van der Waals surface area contributed by atoms with Gasteiger partial charge in [0.1, 0.15) is 25.4 Å². The number of aliphatic hydroxyl groups excluding tert-OH is 2. The second kappa shape index (κ2) is 92.4. The molecule has 5 unspecified atom stereocenters. The highest BCUT2D eigenvalue weighted by atomic mass is 31.2. The SMILES string of the molecule is CC/C=C\C/C=C\C/C=C\C/C=C\C/C=C\CCCCCCCCCC(=O)OC(COC(=O)CCCCCCCCCCC/C=C\C/C=C\C/C=C\C/C=C\CCCCC)COP(=O)(O)OCC(O)COP(=O)(O)OCC(O)COC(=O)CCCCCCCCCCCCCCCCCCCCC/C=C\C/C=C\C/C=C\C/C=C\CCCCC. The highest BCUT2D eigenvalue weighted by Gasteiger charge is 2.30. The third kappa shape index (κ3) is 93.7. The van der Waals surface area contributed by atoms with E-state index < -0.39 is 91.5 Å². The van der Waals surface area contributed by atoms with Crippen LogP contribution in [0.15, 0.2) is 158 Å². The lowest BCUT2D eigenvalue weighted by Crippen LogP contribution is -2.30. The molecule has 684 valence electrons. The number of phosphoric acid groups is 2. The fraction of sp³-hybridized carbons (Fsp3) is 0.713. The number of ether oxygens (including phenoxy) is 3. The molecule has 0 aliphatic rings. The zero-order chi connectivity index (χ0) is 86.5. The summed E-state index contributed by atoms with van der Waals surface area (Å²) in [5.74, 6) is -1.58. The zero-order valence-corrected chi connectivity index (χ0v) is 77.3. The molecule has 0 spiro atoms. The highest BCUT2D eigenvalue weighted by molar-refractivity contribution is 7.47. The summed E-state index contributed by atoms with van der Waals surface area (Å²) in [5.41, 5.74) is 0. The molecule has 0 bridgehead atoms. The summed E-state index contributed by atoms with van der Waals surface area (Å²) in [6.07, 6.45) is 119. The van der Waals surface area contributed by atoms with Gasteiger partial charge in [-0.25, -0.2) is 9.13 Å². The molecule has 0 fully saturated rings. The summed E-state index contributed by atoms with van der Waals surface area (Å²) in [6.45, 7) is 2.55.